The fourth-order valence-electron chi connectivity index (χ4n) is 1.53. The third kappa shape index (κ3) is 4.07. The van der Waals surface area contributed by atoms with Crippen LogP contribution in [0, 0.1) is 0 Å². The van der Waals surface area contributed by atoms with Gasteiger partial charge in [0.15, 0.2) is 0 Å². The predicted molar refractivity (Wildman–Crippen MR) is 64.0 cm³/mol. The summed E-state index contributed by atoms with van der Waals surface area (Å²) in [6.07, 6.45) is -0.0589. The monoisotopic (exact) mass is 238 g/mol. The highest BCUT2D eigenvalue weighted by molar-refractivity contribution is 5.70. The van der Waals surface area contributed by atoms with Crippen LogP contribution in [-0.2, 0) is 14.3 Å². The second kappa shape index (κ2) is 6.91. The Kier molecular flexibility index (Phi) is 5.49. The van der Waals surface area contributed by atoms with E-state index in [-0.39, 0.29) is 18.5 Å². The summed E-state index contributed by atoms with van der Waals surface area (Å²) >= 11 is 0. The van der Waals surface area contributed by atoms with Crippen LogP contribution in [0.25, 0.3) is 0 Å². The van der Waals surface area contributed by atoms with Crippen molar-refractivity contribution in [1.29, 1.82) is 0 Å². The van der Waals surface area contributed by atoms with Gasteiger partial charge in [-0.1, -0.05) is 12.1 Å². The fraction of sp³-hybridized carbons (Fsp3) is 0.462. The van der Waals surface area contributed by atoms with E-state index in [9.17, 15) is 4.79 Å². The van der Waals surface area contributed by atoms with Crippen molar-refractivity contribution in [2.75, 3.05) is 20.8 Å². The van der Waals surface area contributed by atoms with Gasteiger partial charge in [-0.2, -0.15) is 0 Å². The summed E-state index contributed by atoms with van der Waals surface area (Å²) in [7, 11) is 3.19. The van der Waals surface area contributed by atoms with Gasteiger partial charge in [-0.25, -0.2) is 0 Å². The van der Waals surface area contributed by atoms with Crippen LogP contribution in [0.15, 0.2) is 24.3 Å². The molecule has 0 saturated heterocycles. The van der Waals surface area contributed by atoms with Gasteiger partial charge >= 0.3 is 5.97 Å². The number of benzene rings is 1. The summed E-state index contributed by atoms with van der Waals surface area (Å²) < 4.78 is 15.3. The minimum Gasteiger partial charge on any atom is -0.497 e. The number of hydrogen-bond donors (Lipinski definition) is 0. The second-order valence-electron chi connectivity index (χ2n) is 3.51. The number of hydrogen-bond acceptors (Lipinski definition) is 4. The summed E-state index contributed by atoms with van der Waals surface area (Å²) in [6, 6.07) is 7.44. The van der Waals surface area contributed by atoms with Crippen molar-refractivity contribution in [3.8, 4) is 5.75 Å². The maximum absolute atomic E-state index is 11.4. The highest BCUT2D eigenvalue weighted by Crippen LogP contribution is 2.23. The first-order valence-corrected chi connectivity index (χ1v) is 5.53. The van der Waals surface area contributed by atoms with E-state index in [0.717, 1.165) is 11.3 Å². The van der Waals surface area contributed by atoms with E-state index in [1.807, 2.05) is 24.3 Å². The molecule has 1 aromatic carbocycles. The molecule has 17 heavy (non-hydrogen) atoms. The molecule has 0 aliphatic carbocycles. The maximum atomic E-state index is 11.4. The van der Waals surface area contributed by atoms with Gasteiger partial charge in [0.1, 0.15) is 5.75 Å². The minimum atomic E-state index is -0.278. The SMILES string of the molecule is CCOC(=O)C[C@H](OC)c1ccc(OC)cc1. The van der Waals surface area contributed by atoms with E-state index in [1.165, 1.54) is 0 Å². The second-order valence-corrected chi connectivity index (χ2v) is 3.51. The molecule has 4 nitrogen and oxygen atoms in total. The Morgan fingerprint density at radius 3 is 2.35 bits per heavy atom. The van der Waals surface area contributed by atoms with Crippen molar-refractivity contribution in [1.82, 2.24) is 0 Å². The molecule has 0 aliphatic rings. The summed E-state index contributed by atoms with van der Waals surface area (Å²) in [5.74, 6) is 0.523. The summed E-state index contributed by atoms with van der Waals surface area (Å²) in [5.41, 5.74) is 0.932. The Morgan fingerprint density at radius 2 is 1.88 bits per heavy atom. The Bertz CT molecular complexity index is 345. The molecular weight excluding hydrogens is 220 g/mol. The van der Waals surface area contributed by atoms with Gasteiger partial charge in [-0.3, -0.25) is 4.79 Å². The third-order valence-electron chi connectivity index (χ3n) is 2.43. The van der Waals surface area contributed by atoms with Gasteiger partial charge in [0.2, 0.25) is 0 Å². The smallest absolute Gasteiger partial charge is 0.308 e. The van der Waals surface area contributed by atoms with E-state index >= 15 is 0 Å². The number of carbonyl (C=O) groups excluding carboxylic acids is 1. The van der Waals surface area contributed by atoms with Gasteiger partial charge in [0.05, 0.1) is 26.2 Å². The van der Waals surface area contributed by atoms with Crippen LogP contribution in [0.4, 0.5) is 0 Å². The Hall–Kier alpha value is -1.55. The normalized spacial score (nSPS) is 11.9. The first-order valence-electron chi connectivity index (χ1n) is 5.53. The molecule has 0 aliphatic heterocycles. The minimum absolute atomic E-state index is 0.219. The van der Waals surface area contributed by atoms with Gasteiger partial charge in [-0.15, -0.1) is 0 Å². The van der Waals surface area contributed by atoms with Crippen molar-refractivity contribution >= 4 is 5.97 Å². The van der Waals surface area contributed by atoms with Crippen LogP contribution in [-0.4, -0.2) is 26.8 Å². The number of esters is 1. The predicted octanol–water partition coefficient (Wildman–Crippen LogP) is 2.34. The standard InChI is InChI=1S/C13H18O4/c1-4-17-13(14)9-12(16-3)10-5-7-11(15-2)8-6-10/h5-8,12H,4,9H2,1-3H3/t12-/m0/s1. The highest BCUT2D eigenvalue weighted by Gasteiger charge is 2.16. The molecule has 4 heteroatoms. The molecule has 0 radical (unpaired) electrons. The lowest BCUT2D eigenvalue weighted by Gasteiger charge is -2.15. The van der Waals surface area contributed by atoms with Crippen LogP contribution in [0.3, 0.4) is 0 Å². The molecule has 0 spiro atoms. The van der Waals surface area contributed by atoms with Crippen LogP contribution >= 0.6 is 0 Å². The number of rotatable bonds is 6. The van der Waals surface area contributed by atoms with Crippen molar-refractivity contribution in [3.63, 3.8) is 0 Å². The van der Waals surface area contributed by atoms with E-state index in [1.54, 1.807) is 21.1 Å². The average molecular weight is 238 g/mol. The lowest BCUT2D eigenvalue weighted by atomic mass is 10.1. The third-order valence-corrected chi connectivity index (χ3v) is 2.43. The summed E-state index contributed by atoms with van der Waals surface area (Å²) in [6.45, 7) is 2.17. The molecule has 0 aromatic heterocycles. The number of ether oxygens (including phenoxy) is 3. The summed E-state index contributed by atoms with van der Waals surface area (Å²) in [5, 5.41) is 0. The molecule has 1 atom stereocenters. The molecule has 0 N–H and O–H groups in total. The number of methoxy groups -OCH3 is 2. The lowest BCUT2D eigenvalue weighted by Crippen LogP contribution is -2.11. The quantitative estimate of drug-likeness (QED) is 0.713. The Morgan fingerprint density at radius 1 is 1.24 bits per heavy atom. The topological polar surface area (TPSA) is 44.8 Å². The molecule has 0 heterocycles. The maximum Gasteiger partial charge on any atom is 0.308 e. The van der Waals surface area contributed by atoms with Crippen LogP contribution < -0.4 is 4.74 Å². The molecule has 94 valence electrons. The van der Waals surface area contributed by atoms with Crippen molar-refractivity contribution < 1.29 is 19.0 Å². The molecule has 1 aromatic rings. The van der Waals surface area contributed by atoms with E-state index in [0.29, 0.717) is 6.61 Å². The van der Waals surface area contributed by atoms with E-state index in [4.69, 9.17) is 14.2 Å². The van der Waals surface area contributed by atoms with Gasteiger partial charge < -0.3 is 14.2 Å². The first kappa shape index (κ1) is 13.5. The number of carbonyl (C=O) groups is 1. The van der Waals surface area contributed by atoms with Gasteiger partial charge in [-0.05, 0) is 24.6 Å². The average Bonchev–Trinajstić information content (AvgIpc) is 2.36. The molecule has 1 rings (SSSR count). The molecule has 0 unspecified atom stereocenters. The van der Waals surface area contributed by atoms with E-state index < -0.39 is 0 Å². The molecular formula is C13H18O4. The van der Waals surface area contributed by atoms with Crippen LogP contribution in [0.2, 0.25) is 0 Å². The van der Waals surface area contributed by atoms with Crippen molar-refractivity contribution in [2.45, 2.75) is 19.4 Å². The Balaban J connectivity index is 2.68. The first-order chi connectivity index (χ1) is 8.21. The molecule has 0 saturated carbocycles. The zero-order valence-electron chi connectivity index (χ0n) is 10.4. The fourth-order valence-corrected chi connectivity index (χ4v) is 1.53. The zero-order chi connectivity index (χ0) is 12.7. The molecule has 0 amide bonds. The van der Waals surface area contributed by atoms with Gasteiger partial charge in [0, 0.05) is 7.11 Å². The molecule has 0 bridgehead atoms. The Labute approximate surface area is 101 Å². The largest absolute Gasteiger partial charge is 0.497 e. The summed E-state index contributed by atoms with van der Waals surface area (Å²) in [4.78, 5) is 11.4. The van der Waals surface area contributed by atoms with Crippen molar-refractivity contribution in [3.05, 3.63) is 29.8 Å². The zero-order valence-corrected chi connectivity index (χ0v) is 10.4. The highest BCUT2D eigenvalue weighted by atomic mass is 16.5. The van der Waals surface area contributed by atoms with Crippen molar-refractivity contribution in [2.24, 2.45) is 0 Å². The molecule has 0 fully saturated rings. The lowest BCUT2D eigenvalue weighted by molar-refractivity contribution is -0.146. The van der Waals surface area contributed by atoms with Gasteiger partial charge in [0.25, 0.3) is 0 Å². The van der Waals surface area contributed by atoms with Crippen LogP contribution in [0.5, 0.6) is 5.75 Å². The van der Waals surface area contributed by atoms with Crippen LogP contribution in [0.1, 0.15) is 25.0 Å². The van der Waals surface area contributed by atoms with E-state index in [2.05, 4.69) is 0 Å².